The molecule has 0 bridgehead atoms. The van der Waals surface area contributed by atoms with E-state index < -0.39 is 12.1 Å². The molecule has 0 rings (SSSR count). The molecule has 61 heavy (non-hydrogen) atoms. The minimum atomic E-state index is -0.837. The maximum atomic E-state index is 12.4. The third-order valence-electron chi connectivity index (χ3n) is 12.6. The number of hydrogen-bond acceptors (Lipinski definition) is 3. The van der Waals surface area contributed by atoms with E-state index in [4.69, 9.17) is 0 Å². The lowest BCUT2D eigenvalue weighted by Gasteiger charge is -2.20. The van der Waals surface area contributed by atoms with Gasteiger partial charge in [-0.15, -0.1) is 0 Å². The number of aliphatic hydroxyl groups excluding tert-OH is 2. The van der Waals surface area contributed by atoms with Gasteiger partial charge in [-0.05, 0) is 57.8 Å². The normalized spacial score (nSPS) is 13.2. The number of carbonyl (C=O) groups excluding carboxylic acids is 1. The van der Waals surface area contributed by atoms with Gasteiger partial charge in [0.15, 0.2) is 0 Å². The minimum Gasteiger partial charge on any atom is -0.394 e. The number of nitrogens with one attached hydrogen (secondary N) is 1. The monoisotopic (exact) mass is 854 g/mol. The van der Waals surface area contributed by atoms with Gasteiger partial charge in [-0.2, -0.15) is 0 Å². The van der Waals surface area contributed by atoms with Crippen molar-refractivity contribution in [2.24, 2.45) is 0 Å². The number of carbonyl (C=O) groups is 1. The summed E-state index contributed by atoms with van der Waals surface area (Å²) in [7, 11) is 0. The second kappa shape index (κ2) is 52.7. The van der Waals surface area contributed by atoms with Gasteiger partial charge in [0, 0.05) is 6.42 Å². The highest BCUT2D eigenvalue weighted by molar-refractivity contribution is 5.76. The van der Waals surface area contributed by atoms with Gasteiger partial charge in [-0.25, -0.2) is 0 Å². The first-order valence-electron chi connectivity index (χ1n) is 27.4. The highest BCUT2D eigenvalue weighted by Crippen LogP contribution is 2.17. The molecule has 4 heteroatoms. The summed E-state index contributed by atoms with van der Waals surface area (Å²) < 4.78 is 0. The van der Waals surface area contributed by atoms with E-state index in [2.05, 4.69) is 55.6 Å². The molecule has 358 valence electrons. The first-order valence-corrected chi connectivity index (χ1v) is 27.4. The Morgan fingerprint density at radius 2 is 0.672 bits per heavy atom. The van der Waals surface area contributed by atoms with Crippen molar-refractivity contribution in [1.82, 2.24) is 5.32 Å². The van der Waals surface area contributed by atoms with E-state index in [1.807, 2.05) is 6.08 Å². The topological polar surface area (TPSA) is 69.6 Å². The molecule has 4 nitrogen and oxygen atoms in total. The fourth-order valence-electron chi connectivity index (χ4n) is 8.36. The molecule has 0 aromatic rings. The summed E-state index contributed by atoms with van der Waals surface area (Å²) in [5.41, 5.74) is 0. The molecule has 0 aromatic carbocycles. The Bertz CT molecular complexity index is 970. The van der Waals surface area contributed by atoms with Gasteiger partial charge >= 0.3 is 0 Å². The van der Waals surface area contributed by atoms with Crippen LogP contribution in [0.25, 0.3) is 0 Å². The zero-order valence-corrected chi connectivity index (χ0v) is 41.2. The summed E-state index contributed by atoms with van der Waals surface area (Å²) in [5.74, 6) is -0.0610. The molecule has 0 spiro atoms. The standard InChI is InChI=1S/C57H107NO3/c1-3-5-7-9-11-13-15-17-19-20-21-22-23-24-25-26-27-28-29-30-31-32-33-34-35-36-37-38-39-41-43-45-47-49-51-53-57(61)58-55(54-59)56(60)52-50-48-46-44-42-40-18-16-14-12-10-8-6-4-2/h15,17,20-21,23-24,50,52,55-56,59-60H,3-14,16,18-19,22,25-49,51,53-54H2,1-2H3,(H,58,61)/b17-15-,21-20-,24-23-,52-50+. The van der Waals surface area contributed by atoms with Crippen molar-refractivity contribution in [3.05, 3.63) is 48.6 Å². The Labute approximate surface area is 382 Å². The van der Waals surface area contributed by atoms with Crippen LogP contribution in [0.5, 0.6) is 0 Å². The van der Waals surface area contributed by atoms with Gasteiger partial charge < -0.3 is 15.5 Å². The fourth-order valence-corrected chi connectivity index (χ4v) is 8.36. The SMILES string of the molecule is CCCCCCC/C=C\C/C=C\C/C=C\CCCCCCCCCCCCCCCCCCCCCCC(=O)NC(CO)C(O)/C=C/CCCCCCCCCCCCCC. The van der Waals surface area contributed by atoms with Crippen LogP contribution >= 0.6 is 0 Å². The van der Waals surface area contributed by atoms with Crippen LogP contribution in [0.3, 0.4) is 0 Å². The lowest BCUT2D eigenvalue weighted by Crippen LogP contribution is -2.45. The number of aliphatic hydroxyl groups is 2. The Hall–Kier alpha value is -1.65. The van der Waals surface area contributed by atoms with Crippen LogP contribution in [0.15, 0.2) is 48.6 Å². The van der Waals surface area contributed by atoms with Crippen molar-refractivity contribution in [1.29, 1.82) is 0 Å². The summed E-state index contributed by atoms with van der Waals surface area (Å²) in [6.07, 6.45) is 72.7. The maximum Gasteiger partial charge on any atom is 0.220 e. The van der Waals surface area contributed by atoms with E-state index in [0.29, 0.717) is 6.42 Å². The van der Waals surface area contributed by atoms with Crippen LogP contribution in [-0.4, -0.2) is 34.9 Å². The fraction of sp³-hybridized carbons (Fsp3) is 0.842. The predicted octanol–water partition coefficient (Wildman–Crippen LogP) is 17.9. The second-order valence-electron chi connectivity index (χ2n) is 18.7. The molecule has 0 fully saturated rings. The largest absolute Gasteiger partial charge is 0.394 e. The Balaban J connectivity index is 3.44. The number of rotatable bonds is 50. The van der Waals surface area contributed by atoms with Crippen LogP contribution in [-0.2, 0) is 4.79 Å². The highest BCUT2D eigenvalue weighted by Gasteiger charge is 2.18. The van der Waals surface area contributed by atoms with Crippen molar-refractivity contribution in [2.75, 3.05) is 6.61 Å². The van der Waals surface area contributed by atoms with Gasteiger partial charge in [0.25, 0.3) is 0 Å². The summed E-state index contributed by atoms with van der Waals surface area (Å²) in [4.78, 5) is 12.4. The van der Waals surface area contributed by atoms with Crippen LogP contribution in [0.2, 0.25) is 0 Å². The summed E-state index contributed by atoms with van der Waals surface area (Å²) >= 11 is 0. The molecule has 0 saturated heterocycles. The van der Waals surface area contributed by atoms with Gasteiger partial charge in [-0.3, -0.25) is 4.79 Å². The van der Waals surface area contributed by atoms with Gasteiger partial charge in [0.1, 0.15) is 0 Å². The first kappa shape index (κ1) is 59.4. The van der Waals surface area contributed by atoms with E-state index in [-0.39, 0.29) is 12.5 Å². The molecule has 0 aromatic heterocycles. The molecule has 2 atom stereocenters. The Morgan fingerprint density at radius 1 is 0.393 bits per heavy atom. The minimum absolute atomic E-state index is 0.0610. The number of amides is 1. The molecule has 0 heterocycles. The average molecular weight is 854 g/mol. The summed E-state index contributed by atoms with van der Waals surface area (Å²) in [5, 5.41) is 23.1. The Morgan fingerprint density at radius 3 is 1.00 bits per heavy atom. The molecule has 1 amide bonds. The van der Waals surface area contributed by atoms with E-state index in [0.717, 1.165) is 38.5 Å². The van der Waals surface area contributed by atoms with Gasteiger partial charge in [-0.1, -0.05) is 274 Å². The van der Waals surface area contributed by atoms with Crippen molar-refractivity contribution < 1.29 is 15.0 Å². The lowest BCUT2D eigenvalue weighted by atomic mass is 10.0. The molecular weight excluding hydrogens is 747 g/mol. The summed E-state index contributed by atoms with van der Waals surface area (Å²) in [6, 6.07) is -0.620. The van der Waals surface area contributed by atoms with Crippen molar-refractivity contribution in [3.63, 3.8) is 0 Å². The third-order valence-corrected chi connectivity index (χ3v) is 12.6. The van der Waals surface area contributed by atoms with Gasteiger partial charge in [0.2, 0.25) is 5.91 Å². The van der Waals surface area contributed by atoms with Crippen LogP contribution < -0.4 is 5.32 Å². The third kappa shape index (κ3) is 49.2. The van der Waals surface area contributed by atoms with Crippen LogP contribution in [0.1, 0.15) is 290 Å². The quantitative estimate of drug-likeness (QED) is 0.0422. The molecule has 0 aliphatic rings. The van der Waals surface area contributed by atoms with Crippen LogP contribution in [0.4, 0.5) is 0 Å². The van der Waals surface area contributed by atoms with E-state index in [9.17, 15) is 15.0 Å². The van der Waals surface area contributed by atoms with Crippen molar-refractivity contribution in [2.45, 2.75) is 302 Å². The second-order valence-corrected chi connectivity index (χ2v) is 18.7. The smallest absolute Gasteiger partial charge is 0.220 e. The molecule has 0 saturated carbocycles. The summed E-state index contributed by atoms with van der Waals surface area (Å²) in [6.45, 7) is 4.31. The Kier molecular flexibility index (Phi) is 51.3. The lowest BCUT2D eigenvalue weighted by molar-refractivity contribution is -0.123. The molecular formula is C57H107NO3. The first-order chi connectivity index (χ1) is 30.2. The number of allylic oxidation sites excluding steroid dienone is 7. The molecule has 0 radical (unpaired) electrons. The zero-order valence-electron chi connectivity index (χ0n) is 41.2. The molecule has 0 aliphatic carbocycles. The van der Waals surface area contributed by atoms with E-state index in [1.165, 1.54) is 231 Å². The van der Waals surface area contributed by atoms with Gasteiger partial charge in [0.05, 0.1) is 18.8 Å². The van der Waals surface area contributed by atoms with Crippen LogP contribution in [0, 0.1) is 0 Å². The average Bonchev–Trinajstić information content (AvgIpc) is 3.26. The molecule has 2 unspecified atom stereocenters. The number of hydrogen-bond donors (Lipinski definition) is 3. The van der Waals surface area contributed by atoms with Crippen molar-refractivity contribution >= 4 is 5.91 Å². The highest BCUT2D eigenvalue weighted by atomic mass is 16.3. The number of unbranched alkanes of at least 4 members (excludes halogenated alkanes) is 37. The van der Waals surface area contributed by atoms with E-state index >= 15 is 0 Å². The maximum absolute atomic E-state index is 12.4. The zero-order chi connectivity index (χ0) is 44.2. The molecule has 0 aliphatic heterocycles. The predicted molar refractivity (Wildman–Crippen MR) is 271 cm³/mol. The van der Waals surface area contributed by atoms with Crippen molar-refractivity contribution in [3.8, 4) is 0 Å². The van der Waals surface area contributed by atoms with E-state index in [1.54, 1.807) is 6.08 Å². The molecule has 3 N–H and O–H groups in total.